The van der Waals surface area contributed by atoms with Gasteiger partial charge in [0.15, 0.2) is 0 Å². The molecule has 0 unspecified atom stereocenters. The molecule has 1 aliphatic rings. The Balaban J connectivity index is 1.34. The van der Waals surface area contributed by atoms with Gasteiger partial charge in [-0.25, -0.2) is 9.59 Å². The first-order valence-electron chi connectivity index (χ1n) is 10.9. The minimum Gasteiger partial charge on any atom is -0.478 e. The molecule has 0 saturated carbocycles. The number of hydrogen-bond donors (Lipinski definition) is 2. The number of carboxylic acid groups (broad SMARTS) is 1. The number of nitrogens with zero attached hydrogens (tertiary/aromatic N) is 2. The number of aromatic carboxylic acids is 1. The van der Waals surface area contributed by atoms with Crippen LogP contribution in [0.5, 0.6) is 0 Å². The highest BCUT2D eigenvalue weighted by Gasteiger charge is 2.29. The van der Waals surface area contributed by atoms with E-state index in [0.717, 1.165) is 33.8 Å². The first-order valence-corrected chi connectivity index (χ1v) is 11.6. The standard InChI is InChI=1S/C25H25N3O5S/c1-14(12-21(29)28(3)23-22(24(30)31)15(2)27-34-23)26-25(32)33-13-20-18-10-6-4-8-16(18)17-9-5-7-11-19(17)20/h4-11,14,20H,12-13H2,1-3H3,(H,26,32)(H,30,31)/t14-/m0/s1. The summed E-state index contributed by atoms with van der Waals surface area (Å²) in [4.78, 5) is 37.9. The van der Waals surface area contributed by atoms with E-state index in [1.807, 2.05) is 36.4 Å². The molecular weight excluding hydrogens is 454 g/mol. The van der Waals surface area contributed by atoms with Crippen molar-refractivity contribution in [1.29, 1.82) is 0 Å². The summed E-state index contributed by atoms with van der Waals surface area (Å²) in [6.07, 6.45) is -0.624. The first-order chi connectivity index (χ1) is 16.3. The zero-order valence-electron chi connectivity index (χ0n) is 19.1. The highest BCUT2D eigenvalue weighted by molar-refractivity contribution is 7.11. The smallest absolute Gasteiger partial charge is 0.407 e. The molecule has 34 heavy (non-hydrogen) atoms. The van der Waals surface area contributed by atoms with Gasteiger partial charge in [0.25, 0.3) is 0 Å². The van der Waals surface area contributed by atoms with Crippen molar-refractivity contribution in [3.05, 3.63) is 70.9 Å². The number of aryl methyl sites for hydroxylation is 1. The second kappa shape index (κ2) is 9.64. The van der Waals surface area contributed by atoms with Crippen LogP contribution in [0.15, 0.2) is 48.5 Å². The lowest BCUT2D eigenvalue weighted by atomic mass is 9.98. The molecule has 2 amide bonds. The minimum absolute atomic E-state index is 0.0120. The van der Waals surface area contributed by atoms with E-state index < -0.39 is 18.1 Å². The summed E-state index contributed by atoms with van der Waals surface area (Å²) >= 11 is 0.955. The number of carbonyl (C=O) groups is 3. The van der Waals surface area contributed by atoms with Gasteiger partial charge in [-0.15, -0.1) is 0 Å². The lowest BCUT2D eigenvalue weighted by Crippen LogP contribution is -2.38. The average molecular weight is 480 g/mol. The third kappa shape index (κ3) is 4.51. The van der Waals surface area contributed by atoms with E-state index >= 15 is 0 Å². The van der Waals surface area contributed by atoms with Crippen molar-refractivity contribution in [2.75, 3.05) is 18.6 Å². The third-order valence-corrected chi connectivity index (χ3v) is 6.94. The zero-order chi connectivity index (χ0) is 24.4. The van der Waals surface area contributed by atoms with Crippen LogP contribution in [0, 0.1) is 6.92 Å². The van der Waals surface area contributed by atoms with Crippen LogP contribution in [0.2, 0.25) is 0 Å². The van der Waals surface area contributed by atoms with Gasteiger partial charge in [0.1, 0.15) is 17.2 Å². The molecule has 9 heteroatoms. The second-order valence-corrected chi connectivity index (χ2v) is 9.03. The van der Waals surface area contributed by atoms with Crippen LogP contribution in [0.1, 0.15) is 46.4 Å². The molecule has 0 saturated heterocycles. The van der Waals surface area contributed by atoms with E-state index in [1.54, 1.807) is 13.8 Å². The maximum atomic E-state index is 12.7. The summed E-state index contributed by atoms with van der Waals surface area (Å²) in [5.74, 6) is -1.52. The van der Waals surface area contributed by atoms with Gasteiger partial charge in [-0.1, -0.05) is 48.5 Å². The molecule has 0 aliphatic heterocycles. The maximum absolute atomic E-state index is 12.7. The van der Waals surface area contributed by atoms with Crippen LogP contribution in [-0.4, -0.2) is 47.1 Å². The predicted molar refractivity (Wildman–Crippen MR) is 130 cm³/mol. The Morgan fingerprint density at radius 1 is 1.12 bits per heavy atom. The topological polar surface area (TPSA) is 109 Å². The van der Waals surface area contributed by atoms with Gasteiger partial charge in [-0.05, 0) is 47.6 Å². The van der Waals surface area contributed by atoms with Crippen molar-refractivity contribution < 1.29 is 24.2 Å². The quantitative estimate of drug-likeness (QED) is 0.519. The number of rotatable bonds is 7. The summed E-state index contributed by atoms with van der Waals surface area (Å²) in [6, 6.07) is 15.7. The molecule has 0 spiro atoms. The van der Waals surface area contributed by atoms with E-state index in [1.165, 1.54) is 11.9 Å². The number of fused-ring (bicyclic) bond motifs is 3. The SMILES string of the molecule is Cc1nsc(N(C)C(=O)C[C@H](C)NC(=O)OCC2c3ccccc3-c3ccccc32)c1C(=O)O. The summed E-state index contributed by atoms with van der Waals surface area (Å²) in [5.41, 5.74) is 4.90. The van der Waals surface area contributed by atoms with Crippen molar-refractivity contribution in [2.45, 2.75) is 32.2 Å². The van der Waals surface area contributed by atoms with E-state index in [9.17, 15) is 19.5 Å². The van der Waals surface area contributed by atoms with Gasteiger partial charge in [-0.2, -0.15) is 4.37 Å². The number of anilines is 1. The van der Waals surface area contributed by atoms with Crippen molar-refractivity contribution in [1.82, 2.24) is 9.69 Å². The maximum Gasteiger partial charge on any atom is 0.407 e. The summed E-state index contributed by atoms with van der Waals surface area (Å²) < 4.78 is 9.57. The van der Waals surface area contributed by atoms with Crippen molar-refractivity contribution in [3.8, 4) is 11.1 Å². The van der Waals surface area contributed by atoms with Gasteiger partial charge in [0, 0.05) is 25.4 Å². The molecule has 0 fully saturated rings. The summed E-state index contributed by atoms with van der Waals surface area (Å²) in [5, 5.41) is 12.4. The number of alkyl carbamates (subject to hydrolysis) is 1. The van der Waals surface area contributed by atoms with E-state index in [0.29, 0.717) is 5.69 Å². The fraction of sp³-hybridized carbons (Fsp3) is 0.280. The predicted octanol–water partition coefficient (Wildman–Crippen LogP) is 4.43. The molecule has 176 valence electrons. The van der Waals surface area contributed by atoms with E-state index in [-0.39, 0.29) is 35.4 Å². The number of amides is 2. The van der Waals surface area contributed by atoms with E-state index in [2.05, 4.69) is 21.8 Å². The molecule has 1 aromatic heterocycles. The molecule has 2 aromatic carbocycles. The van der Waals surface area contributed by atoms with Gasteiger partial charge in [0.05, 0.1) is 5.69 Å². The Morgan fingerprint density at radius 3 is 2.29 bits per heavy atom. The number of carboxylic acids is 1. The van der Waals surface area contributed by atoms with Crippen LogP contribution >= 0.6 is 11.5 Å². The molecule has 1 atom stereocenters. The van der Waals surface area contributed by atoms with Crippen LogP contribution in [0.3, 0.4) is 0 Å². The molecule has 8 nitrogen and oxygen atoms in total. The Kier molecular flexibility index (Phi) is 6.65. The Labute approximate surface area is 201 Å². The fourth-order valence-corrected chi connectivity index (χ4v) is 5.10. The number of carbonyl (C=O) groups excluding carboxylic acids is 2. The Morgan fingerprint density at radius 2 is 1.71 bits per heavy atom. The molecule has 0 bridgehead atoms. The minimum atomic E-state index is -1.13. The van der Waals surface area contributed by atoms with Crippen LogP contribution in [0.25, 0.3) is 11.1 Å². The second-order valence-electron chi connectivity index (χ2n) is 8.28. The number of benzene rings is 2. The number of nitrogens with one attached hydrogen (secondary N) is 1. The molecule has 0 radical (unpaired) electrons. The third-order valence-electron chi connectivity index (χ3n) is 5.93. The zero-order valence-corrected chi connectivity index (χ0v) is 19.9. The molecule has 2 N–H and O–H groups in total. The molecule has 1 aliphatic carbocycles. The summed E-state index contributed by atoms with van der Waals surface area (Å²) in [7, 11) is 1.50. The molecular formula is C25H25N3O5S. The average Bonchev–Trinajstić information content (AvgIpc) is 3.35. The Bertz CT molecular complexity index is 1210. The number of hydrogen-bond acceptors (Lipinski definition) is 6. The molecule has 1 heterocycles. The van der Waals surface area contributed by atoms with Gasteiger partial charge in [-0.3, -0.25) is 4.79 Å². The van der Waals surface area contributed by atoms with Crippen molar-refractivity contribution in [2.24, 2.45) is 0 Å². The highest BCUT2D eigenvalue weighted by Crippen LogP contribution is 2.44. The molecule has 3 aromatic rings. The van der Waals surface area contributed by atoms with E-state index in [4.69, 9.17) is 4.74 Å². The van der Waals surface area contributed by atoms with Crippen molar-refractivity contribution >= 4 is 34.5 Å². The van der Waals surface area contributed by atoms with Gasteiger partial charge < -0.3 is 20.1 Å². The number of ether oxygens (including phenoxy) is 1. The molecule has 4 rings (SSSR count). The normalized spacial score (nSPS) is 13.0. The highest BCUT2D eigenvalue weighted by atomic mass is 32.1. The van der Waals surface area contributed by atoms with Crippen LogP contribution in [0.4, 0.5) is 9.80 Å². The summed E-state index contributed by atoms with van der Waals surface area (Å²) in [6.45, 7) is 3.47. The lowest BCUT2D eigenvalue weighted by Gasteiger charge is -2.20. The van der Waals surface area contributed by atoms with Crippen LogP contribution < -0.4 is 10.2 Å². The largest absolute Gasteiger partial charge is 0.478 e. The first kappa shape index (κ1) is 23.4. The van der Waals surface area contributed by atoms with Gasteiger partial charge in [0.2, 0.25) is 5.91 Å². The lowest BCUT2D eigenvalue weighted by molar-refractivity contribution is -0.118. The van der Waals surface area contributed by atoms with Crippen molar-refractivity contribution in [3.63, 3.8) is 0 Å². The van der Waals surface area contributed by atoms with Gasteiger partial charge >= 0.3 is 12.1 Å². The monoisotopic (exact) mass is 479 g/mol. The number of aromatic nitrogens is 1. The Hall–Kier alpha value is -3.72. The van der Waals surface area contributed by atoms with Crippen LogP contribution in [-0.2, 0) is 9.53 Å². The fourth-order valence-electron chi connectivity index (χ4n) is 4.24.